The molecule has 1 amide bonds. The van der Waals surface area contributed by atoms with Gasteiger partial charge < -0.3 is 5.32 Å². The second kappa shape index (κ2) is 8.25. The zero-order chi connectivity index (χ0) is 21.2. The summed E-state index contributed by atoms with van der Waals surface area (Å²) in [7, 11) is -7.24. The first-order chi connectivity index (χ1) is 13.6. The highest BCUT2D eigenvalue weighted by molar-refractivity contribution is 7.91. The lowest BCUT2D eigenvalue weighted by molar-refractivity contribution is 0.102. The van der Waals surface area contributed by atoms with Crippen molar-refractivity contribution in [2.75, 3.05) is 18.1 Å². The highest BCUT2D eigenvalue weighted by atomic mass is 32.2. The summed E-state index contributed by atoms with van der Waals surface area (Å²) in [5.41, 5.74) is 0.289. The van der Waals surface area contributed by atoms with Crippen LogP contribution in [-0.2, 0) is 19.9 Å². The quantitative estimate of drug-likeness (QED) is 0.777. The van der Waals surface area contributed by atoms with Gasteiger partial charge in [0, 0.05) is 24.4 Å². The summed E-state index contributed by atoms with van der Waals surface area (Å²) in [4.78, 5) is 12.7. The maximum atomic E-state index is 13.0. The van der Waals surface area contributed by atoms with Crippen LogP contribution in [0.15, 0.2) is 58.3 Å². The topological polar surface area (TPSA) is 101 Å². The number of piperidine rings is 1. The Balaban J connectivity index is 1.90. The van der Waals surface area contributed by atoms with E-state index in [1.165, 1.54) is 40.7 Å². The fraction of sp³-hybridized carbons (Fsp3) is 0.350. The number of sulfone groups is 1. The third kappa shape index (κ3) is 4.68. The molecular weight excluding hydrogens is 412 g/mol. The lowest BCUT2D eigenvalue weighted by atomic mass is 10.1. The Morgan fingerprint density at radius 1 is 1.03 bits per heavy atom. The van der Waals surface area contributed by atoms with E-state index in [2.05, 4.69) is 5.32 Å². The number of carbonyl (C=O) groups excluding carboxylic acids is 1. The van der Waals surface area contributed by atoms with Crippen molar-refractivity contribution in [2.45, 2.75) is 42.0 Å². The molecule has 0 aromatic heterocycles. The first-order valence-corrected chi connectivity index (χ1v) is 12.7. The van der Waals surface area contributed by atoms with Crippen LogP contribution in [-0.4, -0.2) is 45.9 Å². The van der Waals surface area contributed by atoms with Gasteiger partial charge in [-0.3, -0.25) is 4.79 Å². The van der Waals surface area contributed by atoms with E-state index in [-0.39, 0.29) is 27.1 Å². The molecule has 9 heteroatoms. The Morgan fingerprint density at radius 3 is 2.45 bits per heavy atom. The van der Waals surface area contributed by atoms with Gasteiger partial charge in [0.15, 0.2) is 9.84 Å². The number of hydrogen-bond acceptors (Lipinski definition) is 5. The van der Waals surface area contributed by atoms with Gasteiger partial charge in [-0.15, -0.1) is 0 Å². The smallest absolute Gasteiger partial charge is 0.255 e. The van der Waals surface area contributed by atoms with E-state index < -0.39 is 25.8 Å². The van der Waals surface area contributed by atoms with Gasteiger partial charge in [0.2, 0.25) is 10.0 Å². The van der Waals surface area contributed by atoms with Crippen molar-refractivity contribution in [3.05, 3.63) is 54.1 Å². The minimum atomic E-state index is -3.71. The summed E-state index contributed by atoms with van der Waals surface area (Å²) in [5.74, 6) is -0.579. The number of amides is 1. The van der Waals surface area contributed by atoms with Crippen molar-refractivity contribution in [1.29, 1.82) is 0 Å². The summed E-state index contributed by atoms with van der Waals surface area (Å²) in [6.45, 7) is 2.34. The monoisotopic (exact) mass is 436 g/mol. The van der Waals surface area contributed by atoms with Crippen LogP contribution in [0.2, 0.25) is 0 Å². The Morgan fingerprint density at radius 2 is 1.76 bits per heavy atom. The molecule has 2 aromatic carbocycles. The van der Waals surface area contributed by atoms with Crippen LogP contribution < -0.4 is 5.32 Å². The van der Waals surface area contributed by atoms with E-state index in [1.807, 2.05) is 6.92 Å². The summed E-state index contributed by atoms with van der Waals surface area (Å²) in [6.07, 6.45) is 3.67. The number of nitrogens with one attached hydrogen (secondary N) is 1. The molecule has 1 aliphatic rings. The van der Waals surface area contributed by atoms with Crippen LogP contribution >= 0.6 is 0 Å². The molecule has 0 aliphatic carbocycles. The van der Waals surface area contributed by atoms with E-state index in [4.69, 9.17) is 0 Å². The average molecular weight is 437 g/mol. The highest BCUT2D eigenvalue weighted by Gasteiger charge is 2.31. The predicted octanol–water partition coefficient (Wildman–Crippen LogP) is 2.91. The van der Waals surface area contributed by atoms with Gasteiger partial charge >= 0.3 is 0 Å². The van der Waals surface area contributed by atoms with Crippen molar-refractivity contribution in [3.63, 3.8) is 0 Å². The van der Waals surface area contributed by atoms with Gasteiger partial charge in [0.05, 0.1) is 15.5 Å². The molecule has 1 heterocycles. The molecule has 3 rings (SSSR count). The third-order valence-electron chi connectivity index (χ3n) is 4.98. The lowest BCUT2D eigenvalue weighted by Crippen LogP contribution is -2.41. The summed E-state index contributed by atoms with van der Waals surface area (Å²) in [5, 5.41) is 2.57. The molecule has 1 unspecified atom stereocenters. The average Bonchev–Trinajstić information content (AvgIpc) is 2.68. The van der Waals surface area contributed by atoms with Crippen molar-refractivity contribution in [2.24, 2.45) is 0 Å². The molecular formula is C20H24N2O5S2. The summed E-state index contributed by atoms with van der Waals surface area (Å²) < 4.78 is 51.4. The molecule has 1 fully saturated rings. The van der Waals surface area contributed by atoms with Crippen LogP contribution in [0.25, 0.3) is 0 Å². The Labute approximate surface area is 171 Å². The van der Waals surface area contributed by atoms with E-state index >= 15 is 0 Å². The van der Waals surface area contributed by atoms with Gasteiger partial charge in [-0.1, -0.05) is 24.6 Å². The standard InChI is InChI=1S/C20H24N2O5S2/c1-15-8-5-6-13-22(15)29(26,27)17-10-7-9-16(14-17)20(23)21-18-11-3-4-12-19(18)28(2,24)25/h3-4,7,9-12,14-15H,5-6,8,13H2,1-2H3,(H,21,23). The van der Waals surface area contributed by atoms with Crippen LogP contribution in [0.1, 0.15) is 36.5 Å². The van der Waals surface area contributed by atoms with Gasteiger partial charge in [0.1, 0.15) is 0 Å². The molecule has 1 N–H and O–H groups in total. The van der Waals surface area contributed by atoms with Crippen molar-refractivity contribution >= 4 is 31.5 Å². The Hall–Kier alpha value is -2.23. The predicted molar refractivity (Wildman–Crippen MR) is 111 cm³/mol. The number of nitrogens with zero attached hydrogens (tertiary/aromatic N) is 1. The fourth-order valence-corrected chi connectivity index (χ4v) is 6.04. The zero-order valence-corrected chi connectivity index (χ0v) is 18.0. The minimum absolute atomic E-state index is 0.000678. The molecule has 7 nitrogen and oxygen atoms in total. The molecule has 1 aliphatic heterocycles. The van der Waals surface area contributed by atoms with Crippen LogP contribution in [0.3, 0.4) is 0 Å². The maximum Gasteiger partial charge on any atom is 0.255 e. The van der Waals surface area contributed by atoms with Gasteiger partial charge in [-0.25, -0.2) is 16.8 Å². The molecule has 2 aromatic rings. The van der Waals surface area contributed by atoms with Crippen LogP contribution in [0.4, 0.5) is 5.69 Å². The molecule has 0 bridgehead atoms. The Kier molecular flexibility index (Phi) is 6.11. The van der Waals surface area contributed by atoms with Crippen LogP contribution in [0.5, 0.6) is 0 Å². The molecule has 1 atom stereocenters. The first-order valence-electron chi connectivity index (χ1n) is 9.33. The second-order valence-electron chi connectivity index (χ2n) is 7.21. The largest absolute Gasteiger partial charge is 0.321 e. The fourth-order valence-electron chi connectivity index (χ4n) is 3.45. The summed E-state index contributed by atoms with van der Waals surface area (Å²) in [6, 6.07) is 11.8. The number of anilines is 1. The first kappa shape index (κ1) is 21.5. The third-order valence-corrected chi connectivity index (χ3v) is 8.14. The molecule has 0 spiro atoms. The highest BCUT2D eigenvalue weighted by Crippen LogP contribution is 2.26. The number of benzene rings is 2. The van der Waals surface area contributed by atoms with E-state index in [0.717, 1.165) is 25.5 Å². The summed E-state index contributed by atoms with van der Waals surface area (Å²) >= 11 is 0. The molecule has 29 heavy (non-hydrogen) atoms. The van der Waals surface area contributed by atoms with Gasteiger partial charge in [-0.05, 0) is 50.1 Å². The van der Waals surface area contributed by atoms with Crippen molar-refractivity contribution < 1.29 is 21.6 Å². The van der Waals surface area contributed by atoms with Crippen molar-refractivity contribution in [3.8, 4) is 0 Å². The number of hydrogen-bond donors (Lipinski definition) is 1. The maximum absolute atomic E-state index is 13.0. The molecule has 0 saturated carbocycles. The normalized spacial score (nSPS) is 18.3. The van der Waals surface area contributed by atoms with E-state index in [1.54, 1.807) is 12.1 Å². The number of rotatable bonds is 5. The zero-order valence-electron chi connectivity index (χ0n) is 16.3. The SMILES string of the molecule is CC1CCCCN1S(=O)(=O)c1cccc(C(=O)Nc2ccccc2S(C)(=O)=O)c1. The van der Waals surface area contributed by atoms with Gasteiger partial charge in [-0.2, -0.15) is 4.31 Å². The van der Waals surface area contributed by atoms with E-state index in [9.17, 15) is 21.6 Å². The number of sulfonamides is 1. The van der Waals surface area contributed by atoms with Gasteiger partial charge in [0.25, 0.3) is 5.91 Å². The van der Waals surface area contributed by atoms with Crippen LogP contribution in [0, 0.1) is 0 Å². The molecule has 0 radical (unpaired) electrons. The van der Waals surface area contributed by atoms with E-state index in [0.29, 0.717) is 6.54 Å². The molecule has 1 saturated heterocycles. The van der Waals surface area contributed by atoms with Crippen molar-refractivity contribution in [1.82, 2.24) is 4.31 Å². The number of para-hydroxylation sites is 1. The lowest BCUT2D eigenvalue weighted by Gasteiger charge is -2.32. The minimum Gasteiger partial charge on any atom is -0.321 e. The second-order valence-corrected chi connectivity index (χ2v) is 11.1. The number of carbonyl (C=O) groups is 1. The molecule has 156 valence electrons. The Bertz CT molecular complexity index is 1130.